The molecule has 0 saturated carbocycles. The number of likely N-dealkylation sites (tertiary alicyclic amines) is 1. The summed E-state index contributed by atoms with van der Waals surface area (Å²) in [6.07, 6.45) is 2.59. The number of halogens is 1. The van der Waals surface area contributed by atoms with Gasteiger partial charge >= 0.3 is 0 Å². The molecule has 0 spiro atoms. The second kappa shape index (κ2) is 7.09. The summed E-state index contributed by atoms with van der Waals surface area (Å²) in [7, 11) is 3.59. The van der Waals surface area contributed by atoms with Crippen molar-refractivity contribution < 1.29 is 9.53 Å². The number of nitrogens with zero attached hydrogens (tertiary/aromatic N) is 1. The molecule has 5 heteroatoms. The third-order valence-electron chi connectivity index (χ3n) is 3.77. The van der Waals surface area contributed by atoms with Gasteiger partial charge in [-0.2, -0.15) is 0 Å². The number of likely N-dealkylation sites (N-methyl/N-ethyl adjacent to an activating group) is 1. The second-order valence-corrected chi connectivity index (χ2v) is 6.02. The highest BCUT2D eigenvalue weighted by molar-refractivity contribution is 9.10. The topological polar surface area (TPSA) is 41.6 Å². The van der Waals surface area contributed by atoms with Crippen LogP contribution in [0.25, 0.3) is 0 Å². The van der Waals surface area contributed by atoms with Crippen molar-refractivity contribution in [3.05, 3.63) is 28.2 Å². The van der Waals surface area contributed by atoms with Crippen molar-refractivity contribution in [3.8, 4) is 5.75 Å². The quantitative estimate of drug-likeness (QED) is 0.913. The van der Waals surface area contributed by atoms with E-state index >= 15 is 0 Å². The summed E-state index contributed by atoms with van der Waals surface area (Å²) >= 11 is 3.44. The molecule has 1 fully saturated rings. The van der Waals surface area contributed by atoms with Gasteiger partial charge in [-0.05, 0) is 38.1 Å². The second-order valence-electron chi connectivity index (χ2n) is 5.10. The third kappa shape index (κ3) is 3.73. The fourth-order valence-electron chi connectivity index (χ4n) is 2.60. The van der Waals surface area contributed by atoms with Gasteiger partial charge in [0.25, 0.3) is 0 Å². The van der Waals surface area contributed by atoms with Crippen LogP contribution in [-0.2, 0) is 11.2 Å². The molecule has 0 aliphatic carbocycles. The van der Waals surface area contributed by atoms with Gasteiger partial charge in [-0.1, -0.05) is 15.9 Å². The molecule has 1 aliphatic rings. The minimum atomic E-state index is 0.168. The predicted octanol–water partition coefficient (Wildman–Crippen LogP) is 2.21. The van der Waals surface area contributed by atoms with Gasteiger partial charge < -0.3 is 15.0 Å². The average Bonchev–Trinajstić information content (AvgIpc) is 2.47. The lowest BCUT2D eigenvalue weighted by atomic mass is 10.0. The minimum Gasteiger partial charge on any atom is -0.496 e. The van der Waals surface area contributed by atoms with Gasteiger partial charge in [0.1, 0.15) is 5.75 Å². The fourth-order valence-corrected chi connectivity index (χ4v) is 3.01. The van der Waals surface area contributed by atoms with Crippen molar-refractivity contribution >= 4 is 21.8 Å². The number of piperidine rings is 1. The number of methoxy groups -OCH3 is 1. The van der Waals surface area contributed by atoms with Crippen LogP contribution in [0.5, 0.6) is 5.75 Å². The number of carbonyl (C=O) groups is 1. The van der Waals surface area contributed by atoms with E-state index in [1.54, 1.807) is 7.11 Å². The third-order valence-corrected chi connectivity index (χ3v) is 4.26. The maximum Gasteiger partial charge on any atom is 0.227 e. The van der Waals surface area contributed by atoms with E-state index in [9.17, 15) is 4.79 Å². The summed E-state index contributed by atoms with van der Waals surface area (Å²) in [4.78, 5) is 14.4. The normalized spacial score (nSPS) is 18.9. The Bertz CT molecular complexity index is 479. The van der Waals surface area contributed by atoms with E-state index in [4.69, 9.17) is 4.74 Å². The van der Waals surface area contributed by atoms with Crippen LogP contribution >= 0.6 is 15.9 Å². The van der Waals surface area contributed by atoms with E-state index in [2.05, 4.69) is 21.2 Å². The van der Waals surface area contributed by atoms with Gasteiger partial charge in [0, 0.05) is 29.2 Å². The molecule has 2 rings (SSSR count). The Morgan fingerprint density at radius 3 is 3.05 bits per heavy atom. The van der Waals surface area contributed by atoms with Crippen LogP contribution in [0.4, 0.5) is 0 Å². The first-order valence-corrected chi connectivity index (χ1v) is 7.70. The zero-order valence-electron chi connectivity index (χ0n) is 12.0. The number of carbonyl (C=O) groups excluding carboxylic acids is 1. The Labute approximate surface area is 128 Å². The number of benzene rings is 1. The summed E-state index contributed by atoms with van der Waals surface area (Å²) in [6.45, 7) is 1.65. The van der Waals surface area contributed by atoms with Crippen LogP contribution in [0.15, 0.2) is 22.7 Å². The van der Waals surface area contributed by atoms with Gasteiger partial charge in [-0.3, -0.25) is 4.79 Å². The smallest absolute Gasteiger partial charge is 0.227 e. The minimum absolute atomic E-state index is 0.168. The molecule has 1 aliphatic heterocycles. The maximum absolute atomic E-state index is 12.4. The van der Waals surface area contributed by atoms with E-state index in [-0.39, 0.29) is 5.91 Å². The number of rotatable bonds is 4. The zero-order chi connectivity index (χ0) is 14.5. The van der Waals surface area contributed by atoms with Crippen molar-refractivity contribution in [2.45, 2.75) is 25.3 Å². The molecule has 4 nitrogen and oxygen atoms in total. The highest BCUT2D eigenvalue weighted by Crippen LogP contribution is 2.24. The van der Waals surface area contributed by atoms with E-state index in [1.807, 2.05) is 30.1 Å². The van der Waals surface area contributed by atoms with E-state index < -0.39 is 0 Å². The van der Waals surface area contributed by atoms with Gasteiger partial charge in [0.2, 0.25) is 5.91 Å². The summed E-state index contributed by atoms with van der Waals surface area (Å²) in [5.74, 6) is 0.935. The van der Waals surface area contributed by atoms with Crippen molar-refractivity contribution in [1.29, 1.82) is 0 Å². The molecule has 0 radical (unpaired) electrons. The SMILES string of the molecule is CNC1CCCN(C(=O)Cc2cc(Br)ccc2OC)C1. The summed E-state index contributed by atoms with van der Waals surface area (Å²) in [5.41, 5.74) is 0.929. The number of amides is 1. The van der Waals surface area contributed by atoms with Crippen LogP contribution in [0, 0.1) is 0 Å². The largest absolute Gasteiger partial charge is 0.496 e. The molecule has 1 saturated heterocycles. The van der Waals surface area contributed by atoms with Gasteiger partial charge in [-0.25, -0.2) is 0 Å². The molecule has 20 heavy (non-hydrogen) atoms. The van der Waals surface area contributed by atoms with Gasteiger partial charge in [-0.15, -0.1) is 0 Å². The fraction of sp³-hybridized carbons (Fsp3) is 0.533. The van der Waals surface area contributed by atoms with Crippen molar-refractivity contribution in [2.75, 3.05) is 27.2 Å². The van der Waals surface area contributed by atoms with Crippen LogP contribution in [0.3, 0.4) is 0 Å². The molecule has 1 aromatic rings. The van der Waals surface area contributed by atoms with Crippen LogP contribution in [0.1, 0.15) is 18.4 Å². The lowest BCUT2D eigenvalue weighted by Crippen LogP contribution is -2.47. The van der Waals surface area contributed by atoms with E-state index in [1.165, 1.54) is 0 Å². The lowest BCUT2D eigenvalue weighted by Gasteiger charge is -2.32. The Balaban J connectivity index is 2.05. The summed E-state index contributed by atoms with van der Waals surface area (Å²) in [5, 5.41) is 3.26. The molecule has 0 bridgehead atoms. The molecule has 110 valence electrons. The average molecular weight is 341 g/mol. The Morgan fingerprint density at radius 2 is 2.35 bits per heavy atom. The first-order chi connectivity index (χ1) is 9.63. The Morgan fingerprint density at radius 1 is 1.55 bits per heavy atom. The maximum atomic E-state index is 12.4. The van der Waals surface area contributed by atoms with E-state index in [0.29, 0.717) is 12.5 Å². The highest BCUT2D eigenvalue weighted by Gasteiger charge is 2.23. The first-order valence-electron chi connectivity index (χ1n) is 6.91. The Hall–Kier alpha value is -1.07. The monoisotopic (exact) mass is 340 g/mol. The molecule has 1 N–H and O–H groups in total. The zero-order valence-corrected chi connectivity index (χ0v) is 13.6. The molecule has 1 unspecified atom stereocenters. The molecule has 1 atom stereocenters. The highest BCUT2D eigenvalue weighted by atomic mass is 79.9. The molecular formula is C15H21BrN2O2. The molecule has 1 heterocycles. The van der Waals surface area contributed by atoms with Gasteiger partial charge in [0.05, 0.1) is 13.5 Å². The van der Waals surface area contributed by atoms with Crippen molar-refractivity contribution in [3.63, 3.8) is 0 Å². The van der Waals surface area contributed by atoms with Gasteiger partial charge in [0.15, 0.2) is 0 Å². The number of nitrogens with one attached hydrogen (secondary N) is 1. The molecule has 0 aromatic heterocycles. The van der Waals surface area contributed by atoms with Crippen LogP contribution in [0.2, 0.25) is 0 Å². The molecule has 1 amide bonds. The molecular weight excluding hydrogens is 320 g/mol. The lowest BCUT2D eigenvalue weighted by molar-refractivity contribution is -0.131. The van der Waals surface area contributed by atoms with E-state index in [0.717, 1.165) is 41.7 Å². The number of ether oxygens (including phenoxy) is 1. The van der Waals surface area contributed by atoms with Crippen molar-refractivity contribution in [1.82, 2.24) is 10.2 Å². The molecule has 1 aromatic carbocycles. The van der Waals surface area contributed by atoms with Crippen molar-refractivity contribution in [2.24, 2.45) is 0 Å². The Kier molecular flexibility index (Phi) is 5.43. The summed E-state index contributed by atoms with van der Waals surface area (Å²) < 4.78 is 6.29. The number of hydrogen-bond donors (Lipinski definition) is 1. The van der Waals surface area contributed by atoms with Crippen LogP contribution < -0.4 is 10.1 Å². The first kappa shape index (κ1) is 15.3. The van der Waals surface area contributed by atoms with Crippen LogP contribution in [-0.4, -0.2) is 44.1 Å². The predicted molar refractivity (Wildman–Crippen MR) is 83.1 cm³/mol. The summed E-state index contributed by atoms with van der Waals surface area (Å²) in [6, 6.07) is 6.18. The number of hydrogen-bond acceptors (Lipinski definition) is 3. The standard InChI is InChI=1S/C15H21BrN2O2/c1-17-13-4-3-7-18(10-13)15(19)9-11-8-12(16)5-6-14(11)20-2/h5-6,8,13,17H,3-4,7,9-10H2,1-2H3.